The Morgan fingerprint density at radius 3 is 1.53 bits per heavy atom. The van der Waals surface area contributed by atoms with E-state index < -0.39 is 29.7 Å². The average molecular weight is 268 g/mol. The van der Waals surface area contributed by atoms with Crippen LogP contribution in [-0.4, -0.2) is 29.4 Å². The molecule has 0 saturated heterocycles. The summed E-state index contributed by atoms with van der Waals surface area (Å²) in [7, 11) is 0. The van der Waals surface area contributed by atoms with Gasteiger partial charge in [-0.3, -0.25) is 0 Å². The predicted octanol–water partition coefficient (Wildman–Crippen LogP) is 3.25. The van der Waals surface area contributed by atoms with Crippen molar-refractivity contribution >= 4 is 0 Å². The normalized spacial score (nSPS) is 15.5. The van der Waals surface area contributed by atoms with Gasteiger partial charge in [0.15, 0.2) is 0 Å². The van der Waals surface area contributed by atoms with E-state index in [-0.39, 0.29) is 0 Å². The molecule has 2 nitrogen and oxygen atoms in total. The van der Waals surface area contributed by atoms with Gasteiger partial charge >= 0.3 is 18.6 Å². The van der Waals surface area contributed by atoms with Gasteiger partial charge in [0.1, 0.15) is 0 Å². The summed E-state index contributed by atoms with van der Waals surface area (Å²) in [4.78, 5) is 0. The van der Waals surface area contributed by atoms with Crippen LogP contribution in [0.5, 0.6) is 0 Å². The summed E-state index contributed by atoms with van der Waals surface area (Å²) >= 11 is 0. The Balaban J connectivity index is 5.39. The lowest BCUT2D eigenvalue weighted by molar-refractivity contribution is -0.385. The number of rotatable bonds is 5. The van der Waals surface area contributed by atoms with Crippen LogP contribution in [0.1, 0.15) is 27.7 Å². The molecular weight excluding hydrogens is 254 g/mol. The van der Waals surface area contributed by atoms with Crippen molar-refractivity contribution in [3.8, 4) is 0 Å². The van der Waals surface area contributed by atoms with Crippen LogP contribution in [0, 0.1) is 5.41 Å². The van der Waals surface area contributed by atoms with Crippen LogP contribution in [0.15, 0.2) is 0 Å². The number of aliphatic hydroxyl groups is 1. The molecule has 0 heterocycles. The molecule has 1 N–H and O–H groups in total. The third-order valence-corrected chi connectivity index (χ3v) is 3.05. The van der Waals surface area contributed by atoms with E-state index in [0.29, 0.717) is 13.8 Å². The molecule has 0 aromatic carbocycles. The Hall–Kier alpha value is -0.500. The summed E-state index contributed by atoms with van der Waals surface area (Å²) in [6.45, 7) is -0.538. The minimum Gasteiger partial charge on any atom is -0.332 e. The van der Waals surface area contributed by atoms with Crippen LogP contribution in [0.4, 0.5) is 26.3 Å². The topological polar surface area (TPSA) is 29.5 Å². The summed E-state index contributed by atoms with van der Waals surface area (Å²) in [5.74, 6) is -4.93. The molecule has 0 aromatic heterocycles. The zero-order valence-electron chi connectivity index (χ0n) is 9.70. The molecule has 104 valence electrons. The van der Waals surface area contributed by atoms with Gasteiger partial charge < -0.3 is 9.84 Å². The Labute approximate surface area is 94.6 Å². The molecule has 8 heteroatoms. The molecule has 0 atom stereocenters. The van der Waals surface area contributed by atoms with Crippen molar-refractivity contribution in [3.05, 3.63) is 0 Å². The molecule has 0 saturated carbocycles. The van der Waals surface area contributed by atoms with Crippen LogP contribution >= 0.6 is 0 Å². The first-order chi connectivity index (χ1) is 7.17. The summed E-state index contributed by atoms with van der Waals surface area (Å²) in [6.07, 6.45) is -5.33. The Bertz CT molecular complexity index is 269. The SMILES string of the molecule is CC(C)(OC(F)F)C(C)(C)C(F)(F)C(O)(F)F. The maximum atomic E-state index is 13.3. The molecule has 0 aromatic rings. The predicted molar refractivity (Wildman–Crippen MR) is 47.1 cm³/mol. The second-order valence-corrected chi connectivity index (χ2v) is 4.63. The maximum absolute atomic E-state index is 13.3. The fourth-order valence-electron chi connectivity index (χ4n) is 1.12. The molecule has 17 heavy (non-hydrogen) atoms. The molecule has 0 aliphatic rings. The highest BCUT2D eigenvalue weighted by Gasteiger charge is 2.69. The van der Waals surface area contributed by atoms with E-state index in [0.717, 1.165) is 13.8 Å². The van der Waals surface area contributed by atoms with Gasteiger partial charge in [0.25, 0.3) is 0 Å². The first-order valence-corrected chi connectivity index (χ1v) is 4.61. The first-order valence-electron chi connectivity index (χ1n) is 4.61. The quantitative estimate of drug-likeness (QED) is 0.775. The minimum absolute atomic E-state index is 0.611. The van der Waals surface area contributed by atoms with Gasteiger partial charge in [0, 0.05) is 0 Å². The van der Waals surface area contributed by atoms with E-state index in [1.807, 2.05) is 0 Å². The van der Waals surface area contributed by atoms with E-state index >= 15 is 0 Å². The van der Waals surface area contributed by atoms with Gasteiger partial charge in [-0.25, -0.2) is 0 Å². The highest BCUT2D eigenvalue weighted by Crippen LogP contribution is 2.52. The monoisotopic (exact) mass is 268 g/mol. The number of hydrogen-bond acceptors (Lipinski definition) is 2. The molecule has 0 amide bonds. The minimum atomic E-state index is -5.33. The van der Waals surface area contributed by atoms with Crippen molar-refractivity contribution in [3.63, 3.8) is 0 Å². The number of halogens is 6. The van der Waals surface area contributed by atoms with Crippen LogP contribution in [0.2, 0.25) is 0 Å². The molecule has 0 aliphatic carbocycles. The molecule has 0 bridgehead atoms. The van der Waals surface area contributed by atoms with Crippen LogP contribution in [-0.2, 0) is 4.74 Å². The third kappa shape index (κ3) is 2.85. The smallest absolute Gasteiger partial charge is 0.332 e. The first kappa shape index (κ1) is 16.5. The molecule has 0 spiro atoms. The van der Waals surface area contributed by atoms with Gasteiger partial charge in [-0.15, -0.1) is 0 Å². The van der Waals surface area contributed by atoms with Crippen LogP contribution in [0.25, 0.3) is 0 Å². The summed E-state index contributed by atoms with van der Waals surface area (Å²) in [5, 5.41) is 8.15. The number of alkyl halides is 6. The molecule has 0 rings (SSSR count). The molecule has 0 aliphatic heterocycles. The van der Waals surface area contributed by atoms with Gasteiger partial charge in [0.05, 0.1) is 11.0 Å². The van der Waals surface area contributed by atoms with Crippen molar-refractivity contribution in [2.45, 2.75) is 51.9 Å². The number of ether oxygens (including phenoxy) is 1. The highest BCUT2D eigenvalue weighted by atomic mass is 19.3. The fraction of sp³-hybridized carbons (Fsp3) is 1.00. The molecule has 0 fully saturated rings. The van der Waals surface area contributed by atoms with Gasteiger partial charge in [-0.2, -0.15) is 26.3 Å². The lowest BCUT2D eigenvalue weighted by atomic mass is 9.71. The third-order valence-electron chi connectivity index (χ3n) is 3.05. The van der Waals surface area contributed by atoms with Gasteiger partial charge in [-0.05, 0) is 13.8 Å². The van der Waals surface area contributed by atoms with E-state index in [1.165, 1.54) is 0 Å². The average Bonchev–Trinajstić information content (AvgIpc) is 1.98. The Morgan fingerprint density at radius 1 is 0.941 bits per heavy atom. The zero-order valence-corrected chi connectivity index (χ0v) is 9.70. The molecule has 0 radical (unpaired) electrons. The second kappa shape index (κ2) is 4.31. The summed E-state index contributed by atoms with van der Waals surface area (Å²) in [5.41, 5.74) is -5.01. The van der Waals surface area contributed by atoms with Gasteiger partial charge in [0.2, 0.25) is 0 Å². The Kier molecular flexibility index (Phi) is 4.18. The molecule has 0 unspecified atom stereocenters. The van der Waals surface area contributed by atoms with Crippen molar-refractivity contribution in [1.29, 1.82) is 0 Å². The van der Waals surface area contributed by atoms with E-state index in [9.17, 15) is 26.3 Å². The number of hydrogen-bond donors (Lipinski definition) is 1. The van der Waals surface area contributed by atoms with E-state index in [2.05, 4.69) is 4.74 Å². The van der Waals surface area contributed by atoms with Crippen molar-refractivity contribution in [1.82, 2.24) is 0 Å². The van der Waals surface area contributed by atoms with E-state index in [4.69, 9.17) is 5.11 Å². The lowest BCUT2D eigenvalue weighted by Gasteiger charge is -2.46. The van der Waals surface area contributed by atoms with E-state index in [1.54, 1.807) is 0 Å². The van der Waals surface area contributed by atoms with Crippen molar-refractivity contribution < 1.29 is 36.2 Å². The van der Waals surface area contributed by atoms with Gasteiger partial charge in [-0.1, -0.05) is 13.8 Å². The standard InChI is InChI=1S/C9H14F6O2/c1-6(2,7(3,4)17-5(10)11)8(12,13)9(14,15)16/h5,16H,1-4H3. The van der Waals surface area contributed by atoms with Crippen molar-refractivity contribution in [2.24, 2.45) is 5.41 Å². The summed E-state index contributed by atoms with van der Waals surface area (Å²) in [6, 6.07) is 0. The molecular formula is C9H14F6O2. The van der Waals surface area contributed by atoms with Crippen LogP contribution < -0.4 is 0 Å². The second-order valence-electron chi connectivity index (χ2n) is 4.63. The largest absolute Gasteiger partial charge is 0.417 e. The fourth-order valence-corrected chi connectivity index (χ4v) is 1.12. The maximum Gasteiger partial charge on any atom is 0.417 e. The van der Waals surface area contributed by atoms with Crippen molar-refractivity contribution in [2.75, 3.05) is 0 Å². The Morgan fingerprint density at radius 2 is 1.29 bits per heavy atom. The lowest BCUT2D eigenvalue weighted by Crippen LogP contribution is -2.61. The summed E-state index contributed by atoms with van der Waals surface area (Å²) < 4.78 is 79.5. The highest BCUT2D eigenvalue weighted by molar-refractivity contribution is 5.01. The zero-order chi connectivity index (χ0) is 14.3. The van der Waals surface area contributed by atoms with Crippen LogP contribution in [0.3, 0.4) is 0 Å².